The number of carbonyl (C=O) groups is 1. The average molecular weight is 321 g/mol. The van der Waals surface area contributed by atoms with E-state index in [4.69, 9.17) is 0 Å². The van der Waals surface area contributed by atoms with E-state index in [1.54, 1.807) is 36.9 Å². The van der Waals surface area contributed by atoms with Crippen LogP contribution in [0.25, 0.3) is 11.7 Å². The molecule has 3 aromatic rings. The summed E-state index contributed by atoms with van der Waals surface area (Å²) < 4.78 is 1.82. The molecule has 1 amide bonds. The van der Waals surface area contributed by atoms with E-state index in [9.17, 15) is 4.79 Å². The summed E-state index contributed by atoms with van der Waals surface area (Å²) in [4.78, 5) is 24.8. The van der Waals surface area contributed by atoms with E-state index >= 15 is 0 Å². The second-order valence-electron chi connectivity index (χ2n) is 5.42. The highest BCUT2D eigenvalue weighted by Crippen LogP contribution is 2.14. The van der Waals surface area contributed by atoms with Gasteiger partial charge in [-0.05, 0) is 24.6 Å². The number of allylic oxidation sites excluding steroid dienone is 1. The average Bonchev–Trinajstić information content (AvgIpc) is 3.02. The number of hydrogen-bond acceptors (Lipinski definition) is 4. The van der Waals surface area contributed by atoms with E-state index in [2.05, 4.69) is 33.3 Å². The van der Waals surface area contributed by atoms with Gasteiger partial charge in [-0.25, -0.2) is 4.98 Å². The quantitative estimate of drug-likeness (QED) is 0.704. The molecule has 0 spiro atoms. The number of fused-ring (bicyclic) bond motifs is 1. The lowest BCUT2D eigenvalue weighted by atomic mass is 10.2. The largest absolute Gasteiger partial charge is 0.306 e. The summed E-state index contributed by atoms with van der Waals surface area (Å²) in [5, 5.41) is 2.87. The predicted molar refractivity (Wildman–Crippen MR) is 93.7 cm³/mol. The van der Waals surface area contributed by atoms with Gasteiger partial charge in [-0.2, -0.15) is 0 Å². The highest BCUT2D eigenvalue weighted by atomic mass is 16.1. The molecule has 0 aliphatic heterocycles. The molecule has 3 aromatic heterocycles. The Balaban J connectivity index is 1.81. The number of nitrogens with one attached hydrogen (secondary N) is 1. The van der Waals surface area contributed by atoms with Gasteiger partial charge in [0.2, 0.25) is 0 Å². The molecule has 0 saturated carbocycles. The number of aromatic nitrogens is 4. The SMILES string of the molecule is CCCCC=Cc1cn2c(NC(=O)c3ccncc3)cnc2cn1. The lowest BCUT2D eigenvalue weighted by Crippen LogP contribution is -2.13. The van der Waals surface area contributed by atoms with Crippen molar-refractivity contribution in [2.75, 3.05) is 5.32 Å². The Labute approximate surface area is 140 Å². The van der Waals surface area contributed by atoms with Crippen molar-refractivity contribution in [3.8, 4) is 0 Å². The van der Waals surface area contributed by atoms with Gasteiger partial charge in [0, 0.05) is 24.2 Å². The maximum Gasteiger partial charge on any atom is 0.256 e. The molecule has 0 saturated heterocycles. The fourth-order valence-corrected chi connectivity index (χ4v) is 2.30. The molecule has 122 valence electrons. The summed E-state index contributed by atoms with van der Waals surface area (Å²) in [5.41, 5.74) is 2.07. The Morgan fingerprint density at radius 1 is 1.25 bits per heavy atom. The van der Waals surface area contributed by atoms with E-state index in [1.165, 1.54) is 6.42 Å². The first-order valence-electron chi connectivity index (χ1n) is 7.99. The molecular formula is C18H19N5O. The van der Waals surface area contributed by atoms with E-state index in [0.29, 0.717) is 17.0 Å². The lowest BCUT2D eigenvalue weighted by Gasteiger charge is -2.05. The van der Waals surface area contributed by atoms with Gasteiger partial charge in [0.1, 0.15) is 5.82 Å². The molecule has 6 nitrogen and oxygen atoms in total. The smallest absolute Gasteiger partial charge is 0.256 e. The highest BCUT2D eigenvalue weighted by molar-refractivity contribution is 6.03. The first-order chi connectivity index (χ1) is 11.8. The predicted octanol–water partition coefficient (Wildman–Crippen LogP) is 3.58. The molecule has 0 unspecified atom stereocenters. The first-order valence-corrected chi connectivity index (χ1v) is 7.99. The summed E-state index contributed by atoms with van der Waals surface area (Å²) in [6, 6.07) is 3.34. The van der Waals surface area contributed by atoms with Crippen molar-refractivity contribution in [3.63, 3.8) is 0 Å². The van der Waals surface area contributed by atoms with Crippen LogP contribution < -0.4 is 5.32 Å². The number of pyridine rings is 1. The van der Waals surface area contributed by atoms with Crippen LogP contribution in [-0.4, -0.2) is 25.3 Å². The molecule has 0 fully saturated rings. The number of carbonyl (C=O) groups excluding carboxylic acids is 1. The molecule has 1 N–H and O–H groups in total. The fourth-order valence-electron chi connectivity index (χ4n) is 2.30. The van der Waals surface area contributed by atoms with E-state index in [1.807, 2.05) is 16.7 Å². The third-order valence-corrected chi connectivity index (χ3v) is 3.61. The van der Waals surface area contributed by atoms with Gasteiger partial charge < -0.3 is 5.32 Å². The van der Waals surface area contributed by atoms with Gasteiger partial charge in [0.25, 0.3) is 5.91 Å². The molecule has 3 heterocycles. The molecule has 3 rings (SSSR count). The van der Waals surface area contributed by atoms with Gasteiger partial charge in [0.15, 0.2) is 5.65 Å². The molecule has 0 atom stereocenters. The third kappa shape index (κ3) is 3.65. The summed E-state index contributed by atoms with van der Waals surface area (Å²) in [6.45, 7) is 2.17. The van der Waals surface area contributed by atoms with Crippen LogP contribution >= 0.6 is 0 Å². The molecule has 6 heteroatoms. The van der Waals surface area contributed by atoms with Crippen LogP contribution in [0.3, 0.4) is 0 Å². The molecule has 0 bridgehead atoms. The number of anilines is 1. The molecule has 0 aliphatic rings. The normalized spacial score (nSPS) is 11.2. The number of imidazole rings is 1. The minimum atomic E-state index is -0.198. The maximum atomic E-state index is 12.3. The minimum absolute atomic E-state index is 0.198. The molecular weight excluding hydrogens is 302 g/mol. The van der Waals surface area contributed by atoms with Crippen LogP contribution in [0.1, 0.15) is 42.2 Å². The summed E-state index contributed by atoms with van der Waals surface area (Å²) >= 11 is 0. The lowest BCUT2D eigenvalue weighted by molar-refractivity contribution is 0.102. The van der Waals surface area contributed by atoms with E-state index in [0.717, 1.165) is 18.5 Å². The van der Waals surface area contributed by atoms with Crippen molar-refractivity contribution in [2.45, 2.75) is 26.2 Å². The summed E-state index contributed by atoms with van der Waals surface area (Å²) in [5.74, 6) is 0.411. The molecule has 0 radical (unpaired) electrons. The van der Waals surface area contributed by atoms with Gasteiger partial charge >= 0.3 is 0 Å². The van der Waals surface area contributed by atoms with Crippen molar-refractivity contribution in [1.29, 1.82) is 0 Å². The Bertz CT molecular complexity index is 854. The topological polar surface area (TPSA) is 72.2 Å². The minimum Gasteiger partial charge on any atom is -0.306 e. The fraction of sp³-hybridized carbons (Fsp3) is 0.222. The van der Waals surface area contributed by atoms with Gasteiger partial charge in [-0.15, -0.1) is 0 Å². The van der Waals surface area contributed by atoms with Gasteiger partial charge in [0.05, 0.1) is 18.1 Å². The molecule has 0 aliphatic carbocycles. The zero-order valence-corrected chi connectivity index (χ0v) is 13.5. The number of hydrogen-bond donors (Lipinski definition) is 1. The Morgan fingerprint density at radius 2 is 2.08 bits per heavy atom. The Morgan fingerprint density at radius 3 is 2.88 bits per heavy atom. The van der Waals surface area contributed by atoms with Crippen LogP contribution in [0.2, 0.25) is 0 Å². The zero-order chi connectivity index (χ0) is 16.8. The van der Waals surface area contributed by atoms with Crippen molar-refractivity contribution in [2.24, 2.45) is 0 Å². The molecule has 24 heavy (non-hydrogen) atoms. The zero-order valence-electron chi connectivity index (χ0n) is 13.5. The number of unbranched alkanes of at least 4 members (excludes halogenated alkanes) is 2. The summed E-state index contributed by atoms with van der Waals surface area (Å²) in [6.07, 6.45) is 15.8. The van der Waals surface area contributed by atoms with Crippen molar-refractivity contribution < 1.29 is 4.79 Å². The Hall–Kier alpha value is -3.02. The summed E-state index contributed by atoms with van der Waals surface area (Å²) in [7, 11) is 0. The van der Waals surface area contributed by atoms with Crippen LogP contribution in [0, 0.1) is 0 Å². The van der Waals surface area contributed by atoms with E-state index < -0.39 is 0 Å². The van der Waals surface area contributed by atoms with Crippen LogP contribution in [-0.2, 0) is 0 Å². The Kier molecular flexibility index (Phi) is 4.96. The van der Waals surface area contributed by atoms with Crippen LogP contribution in [0.5, 0.6) is 0 Å². The van der Waals surface area contributed by atoms with Gasteiger partial charge in [-0.1, -0.05) is 25.8 Å². The van der Waals surface area contributed by atoms with Crippen LogP contribution in [0.4, 0.5) is 5.82 Å². The molecule has 0 aromatic carbocycles. The highest BCUT2D eigenvalue weighted by Gasteiger charge is 2.09. The van der Waals surface area contributed by atoms with Crippen molar-refractivity contribution in [3.05, 3.63) is 60.5 Å². The standard InChI is InChI=1S/C18H19N5O/c1-2-3-4-5-6-15-13-23-16(11-20-15)21-12-17(23)22-18(24)14-7-9-19-10-8-14/h5-13H,2-4H2,1H3,(H,22,24). The maximum absolute atomic E-state index is 12.3. The monoisotopic (exact) mass is 321 g/mol. The van der Waals surface area contributed by atoms with Crippen molar-refractivity contribution in [1.82, 2.24) is 19.4 Å². The van der Waals surface area contributed by atoms with Crippen LogP contribution in [0.15, 0.2) is 49.2 Å². The second-order valence-corrected chi connectivity index (χ2v) is 5.42. The van der Waals surface area contributed by atoms with E-state index in [-0.39, 0.29) is 5.91 Å². The van der Waals surface area contributed by atoms with Gasteiger partial charge in [-0.3, -0.25) is 19.2 Å². The number of rotatable bonds is 6. The number of amides is 1. The number of nitrogens with zero attached hydrogens (tertiary/aromatic N) is 4. The third-order valence-electron chi connectivity index (χ3n) is 3.61. The first kappa shape index (κ1) is 15.9. The van der Waals surface area contributed by atoms with Crippen molar-refractivity contribution >= 4 is 23.4 Å². The second kappa shape index (κ2) is 7.50.